The van der Waals surface area contributed by atoms with Crippen molar-refractivity contribution in [3.8, 4) is 5.75 Å². The monoisotopic (exact) mass is 377 g/mol. The van der Waals surface area contributed by atoms with Gasteiger partial charge in [-0.15, -0.1) is 11.3 Å². The van der Waals surface area contributed by atoms with Gasteiger partial charge in [-0.2, -0.15) is 5.10 Å². The first-order valence-electron chi connectivity index (χ1n) is 8.01. The van der Waals surface area contributed by atoms with Crippen molar-refractivity contribution in [1.82, 2.24) is 15.1 Å². The van der Waals surface area contributed by atoms with Gasteiger partial charge in [-0.1, -0.05) is 0 Å². The van der Waals surface area contributed by atoms with Crippen LogP contribution < -0.4 is 10.1 Å². The lowest BCUT2D eigenvalue weighted by Crippen LogP contribution is -2.22. The molecule has 0 unspecified atom stereocenters. The minimum atomic E-state index is -0.760. The largest absolute Gasteiger partial charge is 0.486 e. The van der Waals surface area contributed by atoms with Crippen LogP contribution >= 0.6 is 11.3 Å². The average molecular weight is 377 g/mol. The predicted octanol–water partition coefficient (Wildman–Crippen LogP) is 3.75. The minimum absolute atomic E-state index is 0.0323. The second kappa shape index (κ2) is 8.09. The molecular weight excluding hydrogens is 360 g/mol. The molecule has 0 aliphatic heterocycles. The quantitative estimate of drug-likeness (QED) is 0.682. The zero-order valence-electron chi connectivity index (χ0n) is 14.0. The van der Waals surface area contributed by atoms with Crippen LogP contribution in [0.4, 0.5) is 8.78 Å². The molecule has 1 amide bonds. The Balaban J connectivity index is 1.54. The van der Waals surface area contributed by atoms with E-state index in [9.17, 15) is 13.6 Å². The van der Waals surface area contributed by atoms with E-state index in [1.54, 1.807) is 16.1 Å². The number of amides is 1. The number of carbonyl (C=O) groups excluding carboxylic acids is 1. The lowest BCUT2D eigenvalue weighted by Gasteiger charge is -2.05. The summed E-state index contributed by atoms with van der Waals surface area (Å²) in [5.41, 5.74) is 1.52. The SMILES string of the molecule is CCn1ccc(CNC(=O)c2cc(COc3ccc(F)cc3F)cs2)n1. The van der Waals surface area contributed by atoms with Crippen molar-refractivity contribution in [1.29, 1.82) is 0 Å². The van der Waals surface area contributed by atoms with Gasteiger partial charge in [0.15, 0.2) is 11.6 Å². The molecule has 1 aromatic carbocycles. The van der Waals surface area contributed by atoms with E-state index in [2.05, 4.69) is 10.4 Å². The van der Waals surface area contributed by atoms with Gasteiger partial charge in [0.25, 0.3) is 5.91 Å². The van der Waals surface area contributed by atoms with Crippen LogP contribution in [0.5, 0.6) is 5.75 Å². The van der Waals surface area contributed by atoms with Gasteiger partial charge < -0.3 is 10.1 Å². The third kappa shape index (κ3) is 4.45. The summed E-state index contributed by atoms with van der Waals surface area (Å²) in [6.07, 6.45) is 1.86. The smallest absolute Gasteiger partial charge is 0.261 e. The number of thiophene rings is 1. The Morgan fingerprint density at radius 3 is 2.88 bits per heavy atom. The molecule has 3 aromatic rings. The van der Waals surface area contributed by atoms with E-state index in [-0.39, 0.29) is 18.3 Å². The molecule has 0 saturated heterocycles. The third-order valence-electron chi connectivity index (χ3n) is 3.62. The van der Waals surface area contributed by atoms with Crippen LogP contribution in [0.2, 0.25) is 0 Å². The first kappa shape index (κ1) is 18.1. The Hall–Kier alpha value is -2.74. The summed E-state index contributed by atoms with van der Waals surface area (Å²) in [5, 5.41) is 8.87. The number of hydrogen-bond acceptors (Lipinski definition) is 4. The normalized spacial score (nSPS) is 10.7. The number of nitrogens with zero attached hydrogens (tertiary/aromatic N) is 2. The zero-order valence-corrected chi connectivity index (χ0v) is 14.9. The molecule has 0 aliphatic rings. The summed E-state index contributed by atoms with van der Waals surface area (Å²) < 4.78 is 33.5. The van der Waals surface area contributed by atoms with Gasteiger partial charge in [0.05, 0.1) is 17.1 Å². The summed E-state index contributed by atoms with van der Waals surface area (Å²) in [6, 6.07) is 6.67. The van der Waals surface area contributed by atoms with Crippen LogP contribution in [-0.4, -0.2) is 15.7 Å². The maximum atomic E-state index is 13.5. The highest BCUT2D eigenvalue weighted by molar-refractivity contribution is 7.12. The van der Waals surface area contributed by atoms with E-state index >= 15 is 0 Å². The molecule has 2 heterocycles. The molecule has 0 spiro atoms. The standard InChI is InChI=1S/C18H17F2N3O2S/c1-2-23-6-5-14(22-23)9-21-18(24)17-7-12(11-26-17)10-25-16-4-3-13(19)8-15(16)20/h3-8,11H,2,9-10H2,1H3,(H,21,24). The maximum absolute atomic E-state index is 13.5. The second-order valence-corrected chi connectivity index (χ2v) is 6.44. The van der Waals surface area contributed by atoms with Crippen molar-refractivity contribution in [3.05, 3.63) is 69.7 Å². The fourth-order valence-electron chi connectivity index (χ4n) is 2.26. The van der Waals surface area contributed by atoms with Crippen LogP contribution in [-0.2, 0) is 19.7 Å². The van der Waals surface area contributed by atoms with Crippen LogP contribution in [0.3, 0.4) is 0 Å². The van der Waals surface area contributed by atoms with Gasteiger partial charge in [0.2, 0.25) is 0 Å². The number of halogens is 2. The van der Waals surface area contributed by atoms with Gasteiger partial charge >= 0.3 is 0 Å². The molecular formula is C18H17F2N3O2S. The number of ether oxygens (including phenoxy) is 1. The zero-order chi connectivity index (χ0) is 18.5. The summed E-state index contributed by atoms with van der Waals surface area (Å²) in [6.45, 7) is 3.20. The highest BCUT2D eigenvalue weighted by atomic mass is 32.1. The number of benzene rings is 1. The Morgan fingerprint density at radius 2 is 2.15 bits per heavy atom. The van der Waals surface area contributed by atoms with Gasteiger partial charge in [-0.25, -0.2) is 8.78 Å². The van der Waals surface area contributed by atoms with E-state index in [1.165, 1.54) is 17.4 Å². The number of aromatic nitrogens is 2. The fourth-order valence-corrected chi connectivity index (χ4v) is 3.07. The van der Waals surface area contributed by atoms with Crippen molar-refractivity contribution < 1.29 is 18.3 Å². The summed E-state index contributed by atoms with van der Waals surface area (Å²) in [5.74, 6) is -1.66. The van der Waals surface area contributed by atoms with Crippen LogP contribution in [0.1, 0.15) is 27.9 Å². The molecule has 0 fully saturated rings. The lowest BCUT2D eigenvalue weighted by atomic mass is 10.3. The molecule has 0 saturated carbocycles. The Kier molecular flexibility index (Phi) is 5.62. The Bertz CT molecular complexity index is 907. The maximum Gasteiger partial charge on any atom is 0.261 e. The number of carbonyl (C=O) groups is 1. The highest BCUT2D eigenvalue weighted by Crippen LogP contribution is 2.21. The average Bonchev–Trinajstić information content (AvgIpc) is 3.28. The second-order valence-electron chi connectivity index (χ2n) is 5.53. The van der Waals surface area contributed by atoms with Crippen LogP contribution in [0, 0.1) is 11.6 Å². The molecule has 0 atom stereocenters. The van der Waals surface area contributed by atoms with Crippen molar-refractivity contribution in [2.45, 2.75) is 26.6 Å². The van der Waals surface area contributed by atoms with Crippen molar-refractivity contribution in [2.24, 2.45) is 0 Å². The Labute approximate surface area is 153 Å². The van der Waals surface area contributed by atoms with Crippen molar-refractivity contribution in [3.63, 3.8) is 0 Å². The van der Waals surface area contributed by atoms with Gasteiger partial charge in [0.1, 0.15) is 12.4 Å². The summed E-state index contributed by atoms with van der Waals surface area (Å²) in [4.78, 5) is 12.7. The molecule has 0 bridgehead atoms. The molecule has 8 heteroatoms. The van der Waals surface area contributed by atoms with Crippen LogP contribution in [0.25, 0.3) is 0 Å². The first-order chi connectivity index (χ1) is 12.5. The van der Waals surface area contributed by atoms with Crippen molar-refractivity contribution in [2.75, 3.05) is 0 Å². The van der Waals surface area contributed by atoms with Crippen LogP contribution in [0.15, 0.2) is 41.9 Å². The molecule has 0 aliphatic carbocycles. The molecule has 5 nitrogen and oxygen atoms in total. The predicted molar refractivity (Wildman–Crippen MR) is 94.1 cm³/mol. The lowest BCUT2D eigenvalue weighted by molar-refractivity contribution is 0.0954. The number of hydrogen-bond donors (Lipinski definition) is 1. The van der Waals surface area contributed by atoms with E-state index in [0.29, 0.717) is 11.4 Å². The van der Waals surface area contributed by atoms with Crippen molar-refractivity contribution >= 4 is 17.2 Å². The molecule has 26 heavy (non-hydrogen) atoms. The van der Waals surface area contributed by atoms with E-state index in [1.807, 2.05) is 19.2 Å². The van der Waals surface area contributed by atoms with E-state index in [0.717, 1.165) is 29.9 Å². The third-order valence-corrected chi connectivity index (χ3v) is 4.59. The summed E-state index contributed by atoms with van der Waals surface area (Å²) in [7, 11) is 0. The van der Waals surface area contributed by atoms with Gasteiger partial charge in [-0.3, -0.25) is 9.48 Å². The van der Waals surface area contributed by atoms with Gasteiger partial charge in [0, 0.05) is 24.4 Å². The molecule has 3 rings (SSSR count). The number of nitrogens with one attached hydrogen (secondary N) is 1. The molecule has 0 radical (unpaired) electrons. The summed E-state index contributed by atoms with van der Waals surface area (Å²) >= 11 is 1.27. The molecule has 1 N–H and O–H groups in total. The molecule has 136 valence electrons. The number of rotatable bonds is 7. The fraction of sp³-hybridized carbons (Fsp3) is 0.222. The minimum Gasteiger partial charge on any atom is -0.486 e. The van der Waals surface area contributed by atoms with E-state index in [4.69, 9.17) is 4.74 Å². The topological polar surface area (TPSA) is 56.2 Å². The van der Waals surface area contributed by atoms with E-state index < -0.39 is 11.6 Å². The number of aryl methyl sites for hydroxylation is 1. The molecule has 2 aromatic heterocycles. The first-order valence-corrected chi connectivity index (χ1v) is 8.89. The highest BCUT2D eigenvalue weighted by Gasteiger charge is 2.11. The van der Waals surface area contributed by atoms with Gasteiger partial charge in [-0.05, 0) is 36.6 Å². The Morgan fingerprint density at radius 1 is 1.31 bits per heavy atom.